The number of benzene rings is 2. The van der Waals surface area contributed by atoms with E-state index < -0.39 is 0 Å². The summed E-state index contributed by atoms with van der Waals surface area (Å²) in [5.74, 6) is -0.292. The minimum atomic E-state index is -0.292. The summed E-state index contributed by atoms with van der Waals surface area (Å²) in [6, 6.07) is 11.8. The zero-order chi connectivity index (χ0) is 14.0. The predicted octanol–water partition coefficient (Wildman–Crippen LogP) is 3.88. The van der Waals surface area contributed by atoms with Crippen LogP contribution in [0.15, 0.2) is 42.5 Å². The van der Waals surface area contributed by atoms with E-state index in [9.17, 15) is 4.39 Å². The van der Waals surface area contributed by atoms with Crippen LogP contribution in [0.25, 0.3) is 0 Å². The second-order valence-electron chi connectivity index (χ2n) is 4.04. The van der Waals surface area contributed by atoms with Crippen LogP contribution >= 0.6 is 23.8 Å². The highest BCUT2D eigenvalue weighted by Crippen LogP contribution is 2.29. The van der Waals surface area contributed by atoms with E-state index in [1.807, 2.05) is 0 Å². The summed E-state index contributed by atoms with van der Waals surface area (Å²) < 4.78 is 13.7. The molecule has 0 bridgehead atoms. The molecule has 2 nitrogen and oxygen atoms in total. The van der Waals surface area contributed by atoms with E-state index in [4.69, 9.17) is 29.6 Å². The SMILES string of the molecule is CN(c1ccc(C(N)=S)c(Cl)c1)c1ccccc1F. The van der Waals surface area contributed by atoms with Gasteiger partial charge in [0.25, 0.3) is 0 Å². The summed E-state index contributed by atoms with van der Waals surface area (Å²) in [6.45, 7) is 0. The lowest BCUT2D eigenvalue weighted by atomic mass is 10.2. The summed E-state index contributed by atoms with van der Waals surface area (Å²) in [7, 11) is 1.77. The van der Waals surface area contributed by atoms with Gasteiger partial charge in [0.1, 0.15) is 10.8 Å². The van der Waals surface area contributed by atoms with Gasteiger partial charge in [-0.3, -0.25) is 0 Å². The van der Waals surface area contributed by atoms with Gasteiger partial charge in [-0.15, -0.1) is 0 Å². The molecule has 0 aromatic heterocycles. The Bertz CT molecular complexity index is 631. The summed E-state index contributed by atoms with van der Waals surface area (Å²) in [5.41, 5.74) is 7.40. The molecule has 0 saturated carbocycles. The van der Waals surface area contributed by atoms with Crippen molar-refractivity contribution >= 4 is 40.2 Å². The summed E-state index contributed by atoms with van der Waals surface area (Å²) in [6.07, 6.45) is 0. The van der Waals surface area contributed by atoms with Gasteiger partial charge in [-0.05, 0) is 30.3 Å². The third kappa shape index (κ3) is 2.85. The first-order chi connectivity index (χ1) is 9.00. The molecule has 2 rings (SSSR count). The van der Waals surface area contributed by atoms with Gasteiger partial charge in [0.15, 0.2) is 0 Å². The van der Waals surface area contributed by atoms with E-state index in [0.29, 0.717) is 16.3 Å². The summed E-state index contributed by atoms with van der Waals surface area (Å²) >= 11 is 11.0. The Kier molecular flexibility index (Phi) is 4.02. The van der Waals surface area contributed by atoms with Gasteiger partial charge >= 0.3 is 0 Å². The fourth-order valence-corrected chi connectivity index (χ4v) is 2.29. The number of nitrogens with two attached hydrogens (primary N) is 1. The molecule has 0 heterocycles. The highest BCUT2D eigenvalue weighted by atomic mass is 35.5. The molecular weight excluding hydrogens is 283 g/mol. The lowest BCUT2D eigenvalue weighted by molar-refractivity contribution is 0.627. The van der Waals surface area contributed by atoms with Crippen LogP contribution in [-0.2, 0) is 0 Å². The number of rotatable bonds is 3. The van der Waals surface area contributed by atoms with Crippen molar-refractivity contribution in [3.05, 3.63) is 58.9 Å². The molecule has 0 spiro atoms. The van der Waals surface area contributed by atoms with Gasteiger partial charge in [0.05, 0.1) is 10.7 Å². The Hall–Kier alpha value is -1.65. The minimum absolute atomic E-state index is 0.241. The smallest absolute Gasteiger partial charge is 0.146 e. The Morgan fingerprint density at radius 3 is 2.53 bits per heavy atom. The van der Waals surface area contributed by atoms with Crippen LogP contribution in [-0.4, -0.2) is 12.0 Å². The molecule has 98 valence electrons. The molecule has 0 unspecified atom stereocenters. The molecule has 0 radical (unpaired) electrons. The highest BCUT2D eigenvalue weighted by Gasteiger charge is 2.11. The third-order valence-corrected chi connectivity index (χ3v) is 3.35. The highest BCUT2D eigenvalue weighted by molar-refractivity contribution is 7.80. The van der Waals surface area contributed by atoms with Crippen molar-refractivity contribution < 1.29 is 4.39 Å². The maximum Gasteiger partial charge on any atom is 0.146 e. The van der Waals surface area contributed by atoms with Crippen molar-refractivity contribution in [1.29, 1.82) is 0 Å². The third-order valence-electron chi connectivity index (χ3n) is 2.82. The van der Waals surface area contributed by atoms with Crippen molar-refractivity contribution in [2.24, 2.45) is 5.73 Å². The number of nitrogens with zero attached hydrogens (tertiary/aromatic N) is 1. The molecule has 2 N–H and O–H groups in total. The van der Waals surface area contributed by atoms with Gasteiger partial charge in [-0.1, -0.05) is 36.0 Å². The van der Waals surface area contributed by atoms with Crippen LogP contribution in [0.3, 0.4) is 0 Å². The molecule has 0 aliphatic rings. The molecule has 0 fully saturated rings. The van der Waals surface area contributed by atoms with E-state index in [0.717, 1.165) is 5.69 Å². The number of hydrogen-bond donors (Lipinski definition) is 1. The first-order valence-electron chi connectivity index (χ1n) is 5.58. The van der Waals surface area contributed by atoms with E-state index in [1.165, 1.54) is 6.07 Å². The van der Waals surface area contributed by atoms with E-state index in [1.54, 1.807) is 48.3 Å². The van der Waals surface area contributed by atoms with Crippen LogP contribution in [0.5, 0.6) is 0 Å². The van der Waals surface area contributed by atoms with Gasteiger partial charge in [-0.2, -0.15) is 0 Å². The molecule has 2 aromatic carbocycles. The molecule has 0 atom stereocenters. The lowest BCUT2D eigenvalue weighted by Gasteiger charge is -2.20. The Morgan fingerprint density at radius 1 is 1.26 bits per heavy atom. The van der Waals surface area contributed by atoms with Crippen molar-refractivity contribution in [2.75, 3.05) is 11.9 Å². The van der Waals surface area contributed by atoms with Crippen LogP contribution in [0.1, 0.15) is 5.56 Å². The topological polar surface area (TPSA) is 29.3 Å². The summed E-state index contributed by atoms with van der Waals surface area (Å²) in [5, 5.41) is 0.452. The van der Waals surface area contributed by atoms with E-state index in [2.05, 4.69) is 0 Å². The molecule has 5 heteroatoms. The first-order valence-corrected chi connectivity index (χ1v) is 6.37. The van der Waals surface area contributed by atoms with Crippen LogP contribution in [0.2, 0.25) is 5.02 Å². The predicted molar refractivity (Wildman–Crippen MR) is 81.8 cm³/mol. The number of para-hydroxylation sites is 1. The molecule has 0 aliphatic carbocycles. The number of hydrogen-bond acceptors (Lipinski definition) is 2. The van der Waals surface area contributed by atoms with Gasteiger partial charge in [0.2, 0.25) is 0 Å². The largest absolute Gasteiger partial charge is 0.389 e. The number of thiocarbonyl (C=S) groups is 1. The molecular formula is C14H12ClFN2S. The van der Waals surface area contributed by atoms with Crippen molar-refractivity contribution in [2.45, 2.75) is 0 Å². The average molecular weight is 295 g/mol. The van der Waals surface area contributed by atoms with Crippen molar-refractivity contribution in [3.8, 4) is 0 Å². The first kappa shape index (κ1) is 13.8. The van der Waals surface area contributed by atoms with Crippen molar-refractivity contribution in [3.63, 3.8) is 0 Å². The number of anilines is 2. The van der Waals surface area contributed by atoms with Crippen LogP contribution in [0, 0.1) is 5.82 Å². The fraction of sp³-hybridized carbons (Fsp3) is 0.0714. The lowest BCUT2D eigenvalue weighted by Crippen LogP contribution is -2.13. The van der Waals surface area contributed by atoms with Gasteiger partial charge < -0.3 is 10.6 Å². The maximum absolute atomic E-state index is 13.7. The second kappa shape index (κ2) is 5.55. The summed E-state index contributed by atoms with van der Waals surface area (Å²) in [4.78, 5) is 1.95. The Morgan fingerprint density at radius 2 is 1.95 bits per heavy atom. The van der Waals surface area contributed by atoms with Gasteiger partial charge in [-0.25, -0.2) is 4.39 Å². The monoisotopic (exact) mass is 294 g/mol. The quantitative estimate of drug-likeness (QED) is 0.871. The molecule has 19 heavy (non-hydrogen) atoms. The average Bonchev–Trinajstić information content (AvgIpc) is 2.38. The second-order valence-corrected chi connectivity index (χ2v) is 4.89. The Labute approximate surface area is 121 Å². The van der Waals surface area contributed by atoms with E-state index >= 15 is 0 Å². The molecule has 0 aliphatic heterocycles. The van der Waals surface area contributed by atoms with Crippen molar-refractivity contribution in [1.82, 2.24) is 0 Å². The van der Waals surface area contributed by atoms with E-state index in [-0.39, 0.29) is 10.8 Å². The standard InChI is InChI=1S/C14H12ClFN2S/c1-18(13-5-3-2-4-12(13)16)9-6-7-10(14(17)19)11(15)8-9/h2-8H,1H3,(H2,17,19). The molecule has 2 aromatic rings. The van der Waals surface area contributed by atoms with Crippen LogP contribution < -0.4 is 10.6 Å². The van der Waals surface area contributed by atoms with Crippen LogP contribution in [0.4, 0.5) is 15.8 Å². The Balaban J connectivity index is 2.40. The van der Waals surface area contributed by atoms with Gasteiger partial charge in [0, 0.05) is 18.3 Å². The maximum atomic E-state index is 13.7. The molecule has 0 saturated heterocycles. The number of halogens is 2. The normalized spacial score (nSPS) is 10.3. The zero-order valence-corrected chi connectivity index (χ0v) is 11.8. The fourth-order valence-electron chi connectivity index (χ4n) is 1.78. The zero-order valence-electron chi connectivity index (χ0n) is 10.2. The molecule has 0 amide bonds. The minimum Gasteiger partial charge on any atom is -0.389 e.